The van der Waals surface area contributed by atoms with Crippen LogP contribution in [0.25, 0.3) is 10.9 Å². The molecule has 0 bridgehead atoms. The number of para-hydroxylation sites is 1. The smallest absolute Gasteiger partial charge is 0.326 e. The minimum absolute atomic E-state index is 0.0259. The molecule has 1 aliphatic rings. The molecule has 4 amide bonds. The number of hydrogen-bond acceptors (Lipinski definition) is 7. The van der Waals surface area contributed by atoms with E-state index >= 15 is 0 Å². The maximum Gasteiger partial charge on any atom is 0.326 e. The topological polar surface area (TPSA) is 201 Å². The Morgan fingerprint density at radius 2 is 1.62 bits per heavy atom. The number of aliphatic hydroxyl groups excluding tert-OH is 1. The lowest BCUT2D eigenvalue weighted by Crippen LogP contribution is -2.55. The quantitative estimate of drug-likeness (QED) is 0.149. The summed E-state index contributed by atoms with van der Waals surface area (Å²) >= 11 is 0. The number of rotatable bonds is 17. The number of aliphatic hydroxyl groups is 1. The largest absolute Gasteiger partial charge is 0.480 e. The van der Waals surface area contributed by atoms with Crippen LogP contribution in [-0.4, -0.2) is 69.0 Å². The van der Waals surface area contributed by atoms with Gasteiger partial charge < -0.3 is 31.9 Å². The number of hydrogen-bond donors (Lipinski definition) is 6. The van der Waals surface area contributed by atoms with Crippen LogP contribution in [0.3, 0.4) is 0 Å². The number of nitrogens with zero attached hydrogens (tertiary/aromatic N) is 1. The van der Waals surface area contributed by atoms with E-state index in [4.69, 9.17) is 5.73 Å². The molecule has 47 heavy (non-hydrogen) atoms. The summed E-state index contributed by atoms with van der Waals surface area (Å²) in [6, 6.07) is 7.33. The number of nitrogens with one attached hydrogen (secondary N) is 3. The molecule has 0 saturated heterocycles. The van der Waals surface area contributed by atoms with E-state index in [0.29, 0.717) is 18.4 Å². The van der Waals surface area contributed by atoms with Crippen LogP contribution in [0.5, 0.6) is 0 Å². The molecule has 0 radical (unpaired) electrons. The van der Waals surface area contributed by atoms with E-state index in [9.17, 15) is 34.2 Å². The van der Waals surface area contributed by atoms with Gasteiger partial charge in [0.2, 0.25) is 17.7 Å². The van der Waals surface area contributed by atoms with Crippen molar-refractivity contribution in [2.24, 2.45) is 29.4 Å². The second-order valence-corrected chi connectivity index (χ2v) is 13.3. The number of benzene rings is 1. The van der Waals surface area contributed by atoms with Crippen LogP contribution in [0.1, 0.15) is 96.0 Å². The molecular formula is C35H51N5O7. The fraction of sp³-hybridized carbons (Fsp3) is 0.600. The predicted molar refractivity (Wildman–Crippen MR) is 178 cm³/mol. The molecule has 258 valence electrons. The Balaban J connectivity index is 1.81. The van der Waals surface area contributed by atoms with Gasteiger partial charge in [-0.15, -0.1) is 0 Å². The minimum atomic E-state index is -1.33. The van der Waals surface area contributed by atoms with Crippen LogP contribution >= 0.6 is 0 Å². The molecule has 1 saturated carbocycles. The Morgan fingerprint density at radius 1 is 0.936 bits per heavy atom. The van der Waals surface area contributed by atoms with E-state index in [2.05, 4.69) is 20.9 Å². The zero-order valence-corrected chi connectivity index (χ0v) is 27.9. The van der Waals surface area contributed by atoms with Gasteiger partial charge in [-0.2, -0.15) is 0 Å². The normalized spacial score (nSPS) is 17.6. The number of carboxylic acid groups (broad SMARTS) is 1. The second kappa shape index (κ2) is 17.7. The lowest BCUT2D eigenvalue weighted by atomic mass is 9.81. The van der Waals surface area contributed by atoms with Gasteiger partial charge in [0.05, 0.1) is 24.1 Å². The molecule has 1 aliphatic carbocycles. The minimum Gasteiger partial charge on any atom is -0.480 e. The van der Waals surface area contributed by atoms with Crippen molar-refractivity contribution in [2.75, 3.05) is 0 Å². The van der Waals surface area contributed by atoms with Crippen LogP contribution < -0.4 is 21.7 Å². The number of aliphatic carboxylic acids is 1. The van der Waals surface area contributed by atoms with Crippen molar-refractivity contribution in [1.29, 1.82) is 0 Å². The van der Waals surface area contributed by atoms with Crippen molar-refractivity contribution >= 4 is 40.5 Å². The molecule has 0 spiro atoms. The number of nitrogens with two attached hydrogens (primary N) is 1. The first-order valence-corrected chi connectivity index (χ1v) is 16.8. The summed E-state index contributed by atoms with van der Waals surface area (Å²) in [6.07, 6.45) is 4.36. The summed E-state index contributed by atoms with van der Waals surface area (Å²) in [5, 5.41) is 30.2. The molecule has 2 unspecified atom stereocenters. The summed E-state index contributed by atoms with van der Waals surface area (Å²) in [4.78, 5) is 68.5. The van der Waals surface area contributed by atoms with Gasteiger partial charge in [0.1, 0.15) is 17.8 Å². The highest BCUT2D eigenvalue weighted by Crippen LogP contribution is 2.30. The Labute approximate surface area is 276 Å². The van der Waals surface area contributed by atoms with E-state index in [1.54, 1.807) is 25.1 Å². The fourth-order valence-electron chi connectivity index (χ4n) is 6.26. The monoisotopic (exact) mass is 653 g/mol. The van der Waals surface area contributed by atoms with Crippen molar-refractivity contribution in [3.05, 3.63) is 42.1 Å². The molecule has 3 rings (SSSR count). The summed E-state index contributed by atoms with van der Waals surface area (Å²) in [5.74, 6) is -4.79. The van der Waals surface area contributed by atoms with Crippen LogP contribution in [0.4, 0.5) is 0 Å². The van der Waals surface area contributed by atoms with Gasteiger partial charge in [0.25, 0.3) is 5.91 Å². The van der Waals surface area contributed by atoms with Gasteiger partial charge in [-0.1, -0.05) is 90.5 Å². The highest BCUT2D eigenvalue weighted by molar-refractivity contribution is 5.99. The van der Waals surface area contributed by atoms with E-state index in [1.165, 1.54) is 6.07 Å². The van der Waals surface area contributed by atoms with Gasteiger partial charge in [-0.05, 0) is 42.7 Å². The van der Waals surface area contributed by atoms with Crippen molar-refractivity contribution < 1.29 is 34.2 Å². The third-order valence-electron chi connectivity index (χ3n) is 9.38. The van der Waals surface area contributed by atoms with Gasteiger partial charge in [0, 0.05) is 11.3 Å². The van der Waals surface area contributed by atoms with Crippen LogP contribution in [0, 0.1) is 23.7 Å². The second-order valence-electron chi connectivity index (χ2n) is 13.3. The lowest BCUT2D eigenvalue weighted by molar-refractivity contribution is -0.144. The zero-order chi connectivity index (χ0) is 34.7. The van der Waals surface area contributed by atoms with E-state index in [0.717, 1.165) is 37.5 Å². The Bertz CT molecular complexity index is 1390. The van der Waals surface area contributed by atoms with Crippen molar-refractivity contribution in [3.8, 4) is 0 Å². The number of carboxylic acids is 1. The SMILES string of the molecule is CCC(C)[C@H](NC(=O)[C@@H](C[C@H](O)[C@H](CC1CCCCC1)NC(=O)C(CC(N)=O)NC(=O)c1ccc2ccccc2n1)C(C)C)C(=O)O. The highest BCUT2D eigenvalue weighted by Gasteiger charge is 2.36. The van der Waals surface area contributed by atoms with Crippen molar-refractivity contribution in [1.82, 2.24) is 20.9 Å². The number of fused-ring (bicyclic) bond motifs is 1. The summed E-state index contributed by atoms with van der Waals surface area (Å²) in [7, 11) is 0. The Hall–Kier alpha value is -4.06. The predicted octanol–water partition coefficient (Wildman–Crippen LogP) is 3.30. The first kappa shape index (κ1) is 37.4. The van der Waals surface area contributed by atoms with Gasteiger partial charge in [-0.3, -0.25) is 19.2 Å². The summed E-state index contributed by atoms with van der Waals surface area (Å²) in [6.45, 7) is 7.25. The number of carbonyl (C=O) groups excluding carboxylic acids is 4. The van der Waals surface area contributed by atoms with Crippen molar-refractivity contribution in [3.63, 3.8) is 0 Å². The molecule has 1 aromatic heterocycles. The molecule has 2 aromatic rings. The first-order valence-electron chi connectivity index (χ1n) is 16.8. The average Bonchev–Trinajstić information content (AvgIpc) is 3.04. The van der Waals surface area contributed by atoms with E-state index in [1.807, 2.05) is 32.9 Å². The maximum atomic E-state index is 13.7. The fourth-order valence-corrected chi connectivity index (χ4v) is 6.26. The molecule has 12 heteroatoms. The number of aromatic nitrogens is 1. The molecule has 12 nitrogen and oxygen atoms in total. The third kappa shape index (κ3) is 11.0. The standard InChI is InChI=1S/C35H51N5O7/c1-5-21(4)31(35(46)47)40-32(43)24(20(2)3)18-29(41)27(17-22-11-7-6-8-12-22)38-34(45)28(19-30(36)42)39-33(44)26-16-15-23-13-9-10-14-25(23)37-26/h9-10,13-16,20-22,24,27-29,31,41H,5-8,11-12,17-19H2,1-4H3,(H2,36,42)(H,38,45)(H,39,44)(H,40,43)(H,46,47)/t21?,24-,27-,28?,29-,31-/m0/s1. The van der Waals surface area contributed by atoms with Crippen LogP contribution in [0.15, 0.2) is 36.4 Å². The van der Waals surface area contributed by atoms with E-state index < -0.39 is 66.2 Å². The molecule has 1 fully saturated rings. The molecule has 6 atom stereocenters. The number of carbonyl (C=O) groups is 5. The van der Waals surface area contributed by atoms with Crippen molar-refractivity contribution in [2.45, 2.75) is 110 Å². The molecule has 1 heterocycles. The van der Waals surface area contributed by atoms with Gasteiger partial charge >= 0.3 is 5.97 Å². The highest BCUT2D eigenvalue weighted by atomic mass is 16.4. The van der Waals surface area contributed by atoms with Gasteiger partial charge in [-0.25, -0.2) is 9.78 Å². The third-order valence-corrected chi connectivity index (χ3v) is 9.38. The molecule has 1 aromatic carbocycles. The number of pyridine rings is 1. The maximum absolute atomic E-state index is 13.7. The first-order chi connectivity index (χ1) is 22.3. The Morgan fingerprint density at radius 3 is 2.23 bits per heavy atom. The summed E-state index contributed by atoms with van der Waals surface area (Å²) in [5.41, 5.74) is 6.12. The van der Waals surface area contributed by atoms with Crippen LogP contribution in [-0.2, 0) is 19.2 Å². The molecular weight excluding hydrogens is 602 g/mol. The lowest BCUT2D eigenvalue weighted by Gasteiger charge is -2.33. The van der Waals surface area contributed by atoms with Crippen LogP contribution in [0.2, 0.25) is 0 Å². The summed E-state index contributed by atoms with van der Waals surface area (Å²) < 4.78 is 0. The van der Waals surface area contributed by atoms with Gasteiger partial charge in [0.15, 0.2) is 0 Å². The molecule has 0 aliphatic heterocycles. The number of primary amides is 1. The van der Waals surface area contributed by atoms with E-state index in [-0.39, 0.29) is 29.9 Å². The average molecular weight is 654 g/mol. The molecule has 7 N–H and O–H groups in total. The number of amides is 4. The zero-order valence-electron chi connectivity index (χ0n) is 27.9. The Kier molecular flexibility index (Phi) is 14.1.